The third-order valence-corrected chi connectivity index (χ3v) is 3.07. The van der Waals surface area contributed by atoms with Gasteiger partial charge in [-0.2, -0.15) is 13.2 Å². The summed E-state index contributed by atoms with van der Waals surface area (Å²) in [6.07, 6.45) is 1.59. The highest BCUT2D eigenvalue weighted by Crippen LogP contribution is 2.34. The average Bonchev–Trinajstić information content (AvgIpc) is 2.27. The van der Waals surface area contributed by atoms with Crippen LogP contribution in [0, 0.1) is 0 Å². The lowest BCUT2D eigenvalue weighted by atomic mass is 9.37. The van der Waals surface area contributed by atoms with Gasteiger partial charge in [-0.25, -0.2) is 0 Å². The van der Waals surface area contributed by atoms with Gasteiger partial charge in [0.2, 0.25) is 0 Å². The first kappa shape index (κ1) is 18.1. The fourth-order valence-corrected chi connectivity index (χ4v) is 2.43. The average molecular weight is 272 g/mol. The van der Waals surface area contributed by atoms with E-state index < -0.39 is 11.7 Å². The van der Waals surface area contributed by atoms with Crippen LogP contribution in [0.3, 0.4) is 0 Å². The minimum absolute atomic E-state index is 0.0553. The van der Waals surface area contributed by atoms with Crippen LogP contribution in [0.4, 0.5) is 13.2 Å². The summed E-state index contributed by atoms with van der Waals surface area (Å²) in [6, 6.07) is 0. The van der Waals surface area contributed by atoms with Crippen molar-refractivity contribution in [2.45, 2.75) is 59.4 Å². The lowest BCUT2D eigenvalue weighted by molar-refractivity contribution is -0.0885. The minimum Gasteiger partial charge on any atom is -0.166 e. The number of hydrogen-bond donors (Lipinski definition) is 0. The van der Waals surface area contributed by atoms with Crippen LogP contribution in [0.15, 0.2) is 35.3 Å². The fraction of sp³-hybridized carbons (Fsp3) is 0.600. The summed E-state index contributed by atoms with van der Waals surface area (Å²) in [6.45, 7) is 11.0. The van der Waals surface area contributed by atoms with E-state index in [9.17, 15) is 13.2 Å². The van der Waals surface area contributed by atoms with Crippen molar-refractivity contribution in [3.05, 3.63) is 35.3 Å². The zero-order valence-corrected chi connectivity index (χ0v) is 12.4. The van der Waals surface area contributed by atoms with Crippen LogP contribution in [-0.4, -0.2) is 12.9 Å². The molecule has 0 unspecified atom stereocenters. The van der Waals surface area contributed by atoms with Crippen LogP contribution in [0.1, 0.15) is 40.5 Å². The number of allylic oxidation sites excluding steroid dienone is 5. The third-order valence-electron chi connectivity index (χ3n) is 3.07. The molecule has 0 radical (unpaired) electrons. The molecule has 0 atom stereocenters. The Labute approximate surface area is 115 Å². The van der Waals surface area contributed by atoms with E-state index in [4.69, 9.17) is 0 Å². The lowest BCUT2D eigenvalue weighted by Gasteiger charge is -2.22. The van der Waals surface area contributed by atoms with Crippen molar-refractivity contribution in [1.29, 1.82) is 0 Å². The zero-order valence-electron chi connectivity index (χ0n) is 12.4. The zero-order chi connectivity index (χ0) is 15.1. The largest absolute Gasteiger partial charge is 0.415 e. The second-order valence-electron chi connectivity index (χ2n) is 4.88. The molecule has 0 bridgehead atoms. The van der Waals surface area contributed by atoms with Crippen LogP contribution in [0.5, 0.6) is 0 Å². The van der Waals surface area contributed by atoms with Gasteiger partial charge in [0.1, 0.15) is 0 Å². The van der Waals surface area contributed by atoms with Gasteiger partial charge in [0, 0.05) is 5.57 Å². The minimum atomic E-state index is -4.32. The van der Waals surface area contributed by atoms with E-state index in [0.29, 0.717) is 11.0 Å². The van der Waals surface area contributed by atoms with Crippen LogP contribution >= 0.6 is 0 Å². The lowest BCUT2D eigenvalue weighted by Crippen LogP contribution is -2.24. The number of rotatable bonds is 7. The van der Waals surface area contributed by atoms with Gasteiger partial charge in [-0.1, -0.05) is 69.1 Å². The van der Waals surface area contributed by atoms with Crippen LogP contribution in [0.25, 0.3) is 0 Å². The number of halogens is 3. The Morgan fingerprint density at radius 3 is 1.89 bits per heavy atom. The Balaban J connectivity index is 5.85. The van der Waals surface area contributed by atoms with Gasteiger partial charge in [0.15, 0.2) is 6.71 Å². The van der Waals surface area contributed by atoms with E-state index in [1.54, 1.807) is 13.8 Å². The van der Waals surface area contributed by atoms with E-state index >= 15 is 0 Å². The first-order valence-electron chi connectivity index (χ1n) is 6.89. The van der Waals surface area contributed by atoms with Crippen molar-refractivity contribution >= 4 is 6.71 Å². The van der Waals surface area contributed by atoms with Crippen molar-refractivity contribution in [1.82, 2.24) is 0 Å². The first-order valence-corrected chi connectivity index (χ1v) is 6.89. The Bertz CT molecular complexity index is 345. The van der Waals surface area contributed by atoms with E-state index in [0.717, 1.165) is 25.5 Å². The molecule has 0 aromatic heterocycles. The summed E-state index contributed by atoms with van der Waals surface area (Å²) in [5.74, 6) is 0. The van der Waals surface area contributed by atoms with Crippen LogP contribution in [-0.2, 0) is 0 Å². The molecule has 4 heteroatoms. The highest BCUT2D eigenvalue weighted by atomic mass is 19.4. The van der Waals surface area contributed by atoms with Crippen molar-refractivity contribution in [3.8, 4) is 0 Å². The summed E-state index contributed by atoms with van der Waals surface area (Å²) in [5.41, 5.74) is 0.376. The summed E-state index contributed by atoms with van der Waals surface area (Å²) in [4.78, 5) is 0. The Morgan fingerprint density at radius 1 is 1.16 bits per heavy atom. The van der Waals surface area contributed by atoms with Crippen molar-refractivity contribution in [3.63, 3.8) is 0 Å². The molecule has 0 saturated carbocycles. The Kier molecular flexibility index (Phi) is 7.88. The van der Waals surface area contributed by atoms with Crippen LogP contribution in [0.2, 0.25) is 12.6 Å². The molecule has 0 aliphatic rings. The van der Waals surface area contributed by atoms with Gasteiger partial charge in [-0.15, -0.1) is 0 Å². The second kappa shape index (κ2) is 8.29. The normalized spacial score (nSPS) is 13.6. The molecule has 0 nitrogen and oxygen atoms in total. The summed E-state index contributed by atoms with van der Waals surface area (Å²) in [5, 5.41) is 0. The highest BCUT2D eigenvalue weighted by molar-refractivity contribution is 6.68. The highest BCUT2D eigenvalue weighted by Gasteiger charge is 2.36. The molecule has 0 N–H and O–H groups in total. The number of hydrogen-bond acceptors (Lipinski definition) is 0. The molecule has 0 amide bonds. The van der Waals surface area contributed by atoms with Gasteiger partial charge in [0.05, 0.1) is 0 Å². The molecule has 0 spiro atoms. The van der Waals surface area contributed by atoms with Gasteiger partial charge in [-0.05, 0) is 13.8 Å². The smallest absolute Gasteiger partial charge is 0.166 e. The molecule has 0 saturated heterocycles. The van der Waals surface area contributed by atoms with Crippen molar-refractivity contribution in [2.24, 2.45) is 0 Å². The van der Waals surface area contributed by atoms with E-state index in [-0.39, 0.29) is 6.71 Å². The molecule has 0 aliphatic heterocycles. The molecule has 19 heavy (non-hydrogen) atoms. The van der Waals surface area contributed by atoms with E-state index in [2.05, 4.69) is 6.58 Å². The molecule has 108 valence electrons. The predicted octanol–water partition coefficient (Wildman–Crippen LogP) is 5.85. The Morgan fingerprint density at radius 2 is 1.63 bits per heavy atom. The van der Waals surface area contributed by atoms with Gasteiger partial charge >= 0.3 is 6.18 Å². The van der Waals surface area contributed by atoms with E-state index in [1.165, 1.54) is 12.2 Å². The third kappa shape index (κ3) is 5.71. The van der Waals surface area contributed by atoms with Crippen LogP contribution < -0.4 is 0 Å². The maximum absolute atomic E-state index is 13.2. The van der Waals surface area contributed by atoms with Gasteiger partial charge < -0.3 is 0 Å². The van der Waals surface area contributed by atoms with E-state index in [1.807, 2.05) is 13.8 Å². The monoisotopic (exact) mass is 272 g/mol. The predicted molar refractivity (Wildman–Crippen MR) is 78.7 cm³/mol. The van der Waals surface area contributed by atoms with Crippen molar-refractivity contribution in [2.75, 3.05) is 0 Å². The second-order valence-corrected chi connectivity index (χ2v) is 4.88. The Hall–Kier alpha value is -0.925. The van der Waals surface area contributed by atoms with Crippen molar-refractivity contribution < 1.29 is 13.2 Å². The molecule has 0 rings (SSSR count). The summed E-state index contributed by atoms with van der Waals surface area (Å²) >= 11 is 0. The molecule has 0 aromatic rings. The maximum atomic E-state index is 13.2. The molecule has 0 aromatic carbocycles. The molecule has 0 aliphatic carbocycles. The molecule has 0 fully saturated rings. The maximum Gasteiger partial charge on any atom is 0.415 e. The first-order chi connectivity index (χ1) is 8.79. The molecule has 0 heterocycles. The molecular weight excluding hydrogens is 248 g/mol. The van der Waals surface area contributed by atoms with Gasteiger partial charge in [0.25, 0.3) is 0 Å². The summed E-state index contributed by atoms with van der Waals surface area (Å²) in [7, 11) is 0. The quantitative estimate of drug-likeness (QED) is 0.402. The van der Waals surface area contributed by atoms with Gasteiger partial charge in [-0.3, -0.25) is 0 Å². The standard InChI is InChI=1S/C15H24BF3/c1-6-9-13(15(17,18)19)14(12(4)5)16(10-7-2)11-8-3/h6,9H,4,7-8,10-11H2,1-3,5H3/b9-6-,14-13-. The fourth-order valence-electron chi connectivity index (χ4n) is 2.43. The molecular formula is C15H24BF3. The SMILES string of the molecule is C=C(C)/C(B(CCC)CCC)=C(\C=C/C)C(F)(F)F. The summed E-state index contributed by atoms with van der Waals surface area (Å²) < 4.78 is 39.6. The topological polar surface area (TPSA) is 0 Å². The number of alkyl halides is 3.